The number of aromatic nitrogens is 2. The van der Waals surface area contributed by atoms with Crippen LogP contribution in [0.25, 0.3) is 0 Å². The first-order valence-corrected chi connectivity index (χ1v) is 12.8. The van der Waals surface area contributed by atoms with Crippen LogP contribution in [-0.2, 0) is 13.0 Å². The van der Waals surface area contributed by atoms with Crippen LogP contribution < -0.4 is 15.2 Å². The Labute approximate surface area is 221 Å². The molecule has 7 heteroatoms. The molecule has 0 unspecified atom stereocenters. The summed E-state index contributed by atoms with van der Waals surface area (Å²) in [5.74, 6) is -0.163. The highest BCUT2D eigenvalue weighted by molar-refractivity contribution is 5.96. The molecule has 38 heavy (non-hydrogen) atoms. The summed E-state index contributed by atoms with van der Waals surface area (Å²) in [5, 5.41) is 2.14. The zero-order valence-corrected chi connectivity index (χ0v) is 20.9. The van der Waals surface area contributed by atoms with Gasteiger partial charge in [0, 0.05) is 31.2 Å². The molecule has 190 valence electrons. The molecule has 2 bridgehead atoms. The Hall–Kier alpha value is -4.65. The molecule has 1 atom stereocenters. The van der Waals surface area contributed by atoms with Crippen molar-refractivity contribution >= 4 is 5.91 Å². The first-order chi connectivity index (χ1) is 18.7. The van der Waals surface area contributed by atoms with E-state index in [-0.39, 0.29) is 35.4 Å². The Balaban J connectivity index is 1.54. The van der Waals surface area contributed by atoms with Gasteiger partial charge in [0.25, 0.3) is 5.91 Å². The lowest BCUT2D eigenvalue weighted by molar-refractivity contribution is 0.0698. The van der Waals surface area contributed by atoms with Gasteiger partial charge in [-0.25, -0.2) is 0 Å². The lowest BCUT2D eigenvalue weighted by Gasteiger charge is -2.44. The average Bonchev–Trinajstić information content (AvgIpc) is 2.99. The van der Waals surface area contributed by atoms with Crippen molar-refractivity contribution in [1.82, 2.24) is 14.6 Å². The molecule has 0 N–H and O–H groups in total. The second-order valence-corrected chi connectivity index (χ2v) is 9.48. The molecule has 4 aromatic rings. The third kappa shape index (κ3) is 4.47. The minimum absolute atomic E-state index is 0.0664. The van der Waals surface area contributed by atoms with Crippen LogP contribution in [0.4, 0.5) is 0 Å². The Morgan fingerprint density at radius 2 is 1.71 bits per heavy atom. The van der Waals surface area contributed by atoms with Gasteiger partial charge in [0.05, 0.1) is 6.04 Å². The van der Waals surface area contributed by atoms with E-state index in [2.05, 4.69) is 34.3 Å². The molecule has 4 heterocycles. The van der Waals surface area contributed by atoms with Crippen LogP contribution >= 0.6 is 0 Å². The fourth-order valence-corrected chi connectivity index (χ4v) is 5.21. The maximum absolute atomic E-state index is 13.9. The van der Waals surface area contributed by atoms with Crippen molar-refractivity contribution in [2.45, 2.75) is 25.5 Å². The van der Waals surface area contributed by atoms with Gasteiger partial charge in [0.1, 0.15) is 13.3 Å². The van der Waals surface area contributed by atoms with E-state index in [4.69, 9.17) is 4.74 Å². The summed E-state index contributed by atoms with van der Waals surface area (Å²) >= 11 is 0. The van der Waals surface area contributed by atoms with Crippen LogP contribution in [0.3, 0.4) is 0 Å². The SMILES string of the molecule is O=C1c2c(OCc3ccccc3)c(=O)ccn2N2CN1C/C=C\CCc1cnccc1[C@H]2c1ccccc1. The second kappa shape index (κ2) is 10.4. The van der Waals surface area contributed by atoms with Crippen molar-refractivity contribution in [3.63, 3.8) is 0 Å². The van der Waals surface area contributed by atoms with Gasteiger partial charge in [0.2, 0.25) is 5.43 Å². The number of allylic oxidation sites excluding steroid dienone is 1. The monoisotopic (exact) mass is 504 g/mol. The van der Waals surface area contributed by atoms with Gasteiger partial charge < -0.3 is 9.64 Å². The molecule has 2 aromatic heterocycles. The van der Waals surface area contributed by atoms with Crippen molar-refractivity contribution in [2.24, 2.45) is 0 Å². The maximum atomic E-state index is 13.9. The normalized spacial score (nSPS) is 17.7. The van der Waals surface area contributed by atoms with Gasteiger partial charge in [-0.15, -0.1) is 0 Å². The van der Waals surface area contributed by atoms with E-state index in [1.165, 1.54) is 6.07 Å². The Morgan fingerprint density at radius 3 is 2.53 bits per heavy atom. The number of nitrogens with zero attached hydrogens (tertiary/aromatic N) is 4. The highest BCUT2D eigenvalue weighted by Gasteiger charge is 2.37. The fourth-order valence-electron chi connectivity index (χ4n) is 5.21. The molecule has 2 aliphatic rings. The quantitative estimate of drug-likeness (QED) is 0.384. The van der Waals surface area contributed by atoms with E-state index in [0.29, 0.717) is 13.2 Å². The first kappa shape index (κ1) is 23.7. The number of benzene rings is 2. The van der Waals surface area contributed by atoms with Crippen molar-refractivity contribution in [2.75, 3.05) is 18.2 Å². The minimum atomic E-state index is -0.317. The second-order valence-electron chi connectivity index (χ2n) is 9.48. The number of ether oxygens (including phenoxy) is 1. The number of hydrogen-bond donors (Lipinski definition) is 0. The van der Waals surface area contributed by atoms with Crippen LogP contribution in [0.2, 0.25) is 0 Å². The lowest BCUT2D eigenvalue weighted by Crippen LogP contribution is -2.55. The molecule has 2 aromatic carbocycles. The molecule has 6 rings (SSSR count). The van der Waals surface area contributed by atoms with Crippen LogP contribution in [0.5, 0.6) is 5.75 Å². The van der Waals surface area contributed by atoms with Crippen molar-refractivity contribution in [1.29, 1.82) is 0 Å². The Bertz CT molecular complexity index is 1530. The zero-order valence-electron chi connectivity index (χ0n) is 20.9. The number of pyridine rings is 2. The third-order valence-electron chi connectivity index (χ3n) is 7.07. The molecule has 0 spiro atoms. The molecular formula is C31H28N4O3. The molecule has 1 amide bonds. The van der Waals surface area contributed by atoms with Gasteiger partial charge in [-0.05, 0) is 41.2 Å². The summed E-state index contributed by atoms with van der Waals surface area (Å²) in [4.78, 5) is 33.2. The predicted molar refractivity (Wildman–Crippen MR) is 146 cm³/mol. The van der Waals surface area contributed by atoms with Crippen molar-refractivity contribution in [3.8, 4) is 5.75 Å². The molecule has 2 aliphatic heterocycles. The van der Waals surface area contributed by atoms with E-state index in [1.807, 2.05) is 71.7 Å². The number of hydrogen-bond acceptors (Lipinski definition) is 5. The van der Waals surface area contributed by atoms with Crippen LogP contribution in [0.15, 0.2) is 108 Å². The molecule has 0 radical (unpaired) electrons. The predicted octanol–water partition coefficient (Wildman–Crippen LogP) is 4.47. The summed E-state index contributed by atoms with van der Waals surface area (Å²) in [6.07, 6.45) is 11.3. The van der Waals surface area contributed by atoms with Gasteiger partial charge in [-0.1, -0.05) is 72.8 Å². The van der Waals surface area contributed by atoms with E-state index in [9.17, 15) is 9.59 Å². The van der Waals surface area contributed by atoms with Gasteiger partial charge in [-0.3, -0.25) is 24.3 Å². The minimum Gasteiger partial charge on any atom is -0.482 e. The van der Waals surface area contributed by atoms with E-state index in [0.717, 1.165) is 35.1 Å². The van der Waals surface area contributed by atoms with Crippen LogP contribution in [0.1, 0.15) is 45.2 Å². The van der Waals surface area contributed by atoms with E-state index < -0.39 is 0 Å². The lowest BCUT2D eigenvalue weighted by atomic mass is 9.93. The Kier molecular flexibility index (Phi) is 6.48. The molecular weight excluding hydrogens is 476 g/mol. The first-order valence-electron chi connectivity index (χ1n) is 12.8. The number of carbonyl (C=O) groups is 1. The smallest absolute Gasteiger partial charge is 0.278 e. The molecule has 0 saturated carbocycles. The largest absolute Gasteiger partial charge is 0.482 e. The van der Waals surface area contributed by atoms with Gasteiger partial charge >= 0.3 is 0 Å². The molecule has 0 saturated heterocycles. The van der Waals surface area contributed by atoms with E-state index in [1.54, 1.807) is 11.1 Å². The van der Waals surface area contributed by atoms with Gasteiger partial charge in [0.15, 0.2) is 11.4 Å². The fraction of sp³-hybridized carbons (Fsp3) is 0.194. The molecule has 0 aliphatic carbocycles. The number of amides is 1. The summed E-state index contributed by atoms with van der Waals surface area (Å²) in [5.41, 5.74) is 4.19. The number of fused-ring (bicyclic) bond motifs is 5. The van der Waals surface area contributed by atoms with Gasteiger partial charge in [-0.2, -0.15) is 0 Å². The number of rotatable bonds is 4. The summed E-state index contributed by atoms with van der Waals surface area (Å²) in [6, 6.07) is 23.2. The summed E-state index contributed by atoms with van der Waals surface area (Å²) in [7, 11) is 0. The Morgan fingerprint density at radius 1 is 0.921 bits per heavy atom. The summed E-state index contributed by atoms with van der Waals surface area (Å²) in [6.45, 7) is 0.974. The highest BCUT2D eigenvalue weighted by Crippen LogP contribution is 2.34. The number of carbonyl (C=O) groups excluding carboxylic acids is 1. The number of aryl methyl sites for hydroxylation is 1. The van der Waals surface area contributed by atoms with E-state index >= 15 is 0 Å². The van der Waals surface area contributed by atoms with Crippen molar-refractivity contribution < 1.29 is 9.53 Å². The molecule has 0 fully saturated rings. The maximum Gasteiger partial charge on any atom is 0.278 e. The summed E-state index contributed by atoms with van der Waals surface area (Å²) < 4.78 is 7.89. The zero-order chi connectivity index (χ0) is 25.9. The van der Waals surface area contributed by atoms with Crippen LogP contribution in [0, 0.1) is 0 Å². The topological polar surface area (TPSA) is 67.7 Å². The standard InChI is InChI=1S/C31H28N4O3/c36-27-16-19-34-29(30(27)38-21-23-10-4-1-5-11-23)31(37)33-18-9-3-8-14-25-20-32-17-15-26(25)28(35(34)22-33)24-12-6-2-7-13-24/h1-7,9-13,15-17,19-20,28H,8,14,18,21-22H2/b9-3-/t28-/m1/s1. The molecule has 7 nitrogen and oxygen atoms in total. The van der Waals surface area contributed by atoms with Crippen molar-refractivity contribution in [3.05, 3.63) is 142 Å². The third-order valence-corrected chi connectivity index (χ3v) is 7.07. The average molecular weight is 505 g/mol. The van der Waals surface area contributed by atoms with Crippen LogP contribution in [-0.4, -0.2) is 33.7 Å². The highest BCUT2D eigenvalue weighted by atomic mass is 16.5.